The van der Waals surface area contributed by atoms with E-state index in [9.17, 15) is 13.5 Å². The van der Waals surface area contributed by atoms with Gasteiger partial charge in [0.1, 0.15) is 6.10 Å². The Bertz CT molecular complexity index is 604. The maximum atomic E-state index is 11.8. The van der Waals surface area contributed by atoms with E-state index in [2.05, 4.69) is 9.71 Å². The standard InChI is InChI=1S/C10H13N3O3S2/c1-13-6-10(11-7-13)18(15,16)12-5-8(14)9-3-2-4-17-9/h2-4,6-8,12,14H,5H2,1H3/t8-/m1/s1. The average Bonchev–Trinajstić information content (AvgIpc) is 2.96. The molecule has 0 radical (unpaired) electrons. The van der Waals surface area contributed by atoms with Crippen LogP contribution >= 0.6 is 11.3 Å². The van der Waals surface area contributed by atoms with E-state index in [1.165, 1.54) is 23.9 Å². The third-order valence-electron chi connectivity index (χ3n) is 2.29. The molecule has 18 heavy (non-hydrogen) atoms. The van der Waals surface area contributed by atoms with Crippen LogP contribution in [0, 0.1) is 0 Å². The second-order valence-corrected chi connectivity index (χ2v) is 6.45. The number of hydrogen-bond acceptors (Lipinski definition) is 5. The van der Waals surface area contributed by atoms with Gasteiger partial charge in [0.25, 0.3) is 10.0 Å². The minimum atomic E-state index is -3.66. The lowest BCUT2D eigenvalue weighted by atomic mass is 10.3. The van der Waals surface area contributed by atoms with Gasteiger partial charge in [-0.25, -0.2) is 18.1 Å². The number of imidazole rings is 1. The van der Waals surface area contributed by atoms with Crippen LogP contribution < -0.4 is 4.72 Å². The molecule has 0 saturated heterocycles. The predicted octanol–water partition coefficient (Wildman–Crippen LogP) is 0.493. The zero-order valence-corrected chi connectivity index (χ0v) is 11.3. The number of thiophene rings is 1. The Morgan fingerprint density at radius 2 is 2.39 bits per heavy atom. The third-order valence-corrected chi connectivity index (χ3v) is 4.58. The first-order chi connectivity index (χ1) is 8.49. The number of aliphatic hydroxyl groups excluding tert-OH is 1. The number of nitrogens with one attached hydrogen (secondary N) is 1. The normalized spacial score (nSPS) is 13.7. The Balaban J connectivity index is 2.02. The molecule has 6 nitrogen and oxygen atoms in total. The molecule has 0 bridgehead atoms. The molecule has 0 spiro atoms. The Hall–Kier alpha value is -1.22. The first kappa shape index (κ1) is 13.2. The monoisotopic (exact) mass is 287 g/mol. The van der Waals surface area contributed by atoms with Crippen molar-refractivity contribution in [3.05, 3.63) is 34.9 Å². The van der Waals surface area contributed by atoms with E-state index in [0.29, 0.717) is 0 Å². The van der Waals surface area contributed by atoms with E-state index in [-0.39, 0.29) is 11.6 Å². The quantitative estimate of drug-likeness (QED) is 0.838. The smallest absolute Gasteiger partial charge is 0.259 e. The van der Waals surface area contributed by atoms with Gasteiger partial charge in [0.2, 0.25) is 0 Å². The summed E-state index contributed by atoms with van der Waals surface area (Å²) in [4.78, 5) is 4.48. The van der Waals surface area contributed by atoms with Crippen LogP contribution in [-0.4, -0.2) is 29.6 Å². The highest BCUT2D eigenvalue weighted by Gasteiger charge is 2.19. The molecule has 0 aliphatic heterocycles. The van der Waals surface area contributed by atoms with Crippen molar-refractivity contribution in [1.82, 2.24) is 14.3 Å². The summed E-state index contributed by atoms with van der Waals surface area (Å²) in [5.41, 5.74) is 0. The molecule has 0 amide bonds. The van der Waals surface area contributed by atoms with Gasteiger partial charge < -0.3 is 9.67 Å². The van der Waals surface area contributed by atoms with Gasteiger partial charge in [-0.05, 0) is 11.4 Å². The maximum absolute atomic E-state index is 11.8. The molecule has 1 atom stereocenters. The Morgan fingerprint density at radius 3 is 2.94 bits per heavy atom. The molecular formula is C10H13N3O3S2. The number of aryl methyl sites for hydroxylation is 1. The Morgan fingerprint density at radius 1 is 1.61 bits per heavy atom. The van der Waals surface area contributed by atoms with Gasteiger partial charge in [0.05, 0.1) is 6.33 Å². The molecular weight excluding hydrogens is 274 g/mol. The lowest BCUT2D eigenvalue weighted by Gasteiger charge is -2.09. The number of sulfonamides is 1. The van der Waals surface area contributed by atoms with Gasteiger partial charge in [0.15, 0.2) is 5.03 Å². The molecule has 0 aliphatic carbocycles. The van der Waals surface area contributed by atoms with Crippen molar-refractivity contribution < 1.29 is 13.5 Å². The number of aliphatic hydroxyl groups is 1. The molecule has 0 saturated carbocycles. The van der Waals surface area contributed by atoms with Gasteiger partial charge >= 0.3 is 0 Å². The largest absolute Gasteiger partial charge is 0.386 e. The molecule has 0 fully saturated rings. The fourth-order valence-electron chi connectivity index (χ4n) is 1.37. The van der Waals surface area contributed by atoms with E-state index in [4.69, 9.17) is 0 Å². The lowest BCUT2D eigenvalue weighted by Crippen LogP contribution is -2.28. The van der Waals surface area contributed by atoms with Crippen LogP contribution in [0.25, 0.3) is 0 Å². The van der Waals surface area contributed by atoms with Crippen LogP contribution in [0.2, 0.25) is 0 Å². The summed E-state index contributed by atoms with van der Waals surface area (Å²) in [5.74, 6) is 0. The number of aromatic nitrogens is 2. The van der Waals surface area contributed by atoms with E-state index < -0.39 is 16.1 Å². The Kier molecular flexibility index (Phi) is 3.81. The molecule has 0 aromatic carbocycles. The molecule has 2 aromatic rings. The summed E-state index contributed by atoms with van der Waals surface area (Å²) in [6.45, 7) is -0.0700. The second kappa shape index (κ2) is 5.19. The zero-order valence-electron chi connectivity index (χ0n) is 9.65. The van der Waals surface area contributed by atoms with E-state index >= 15 is 0 Å². The van der Waals surface area contributed by atoms with Crippen LogP contribution in [0.5, 0.6) is 0 Å². The van der Waals surface area contributed by atoms with Crippen molar-refractivity contribution in [2.24, 2.45) is 7.05 Å². The van der Waals surface area contributed by atoms with Crippen LogP contribution in [0.4, 0.5) is 0 Å². The maximum Gasteiger partial charge on any atom is 0.259 e. The topological polar surface area (TPSA) is 84.2 Å². The fraction of sp³-hybridized carbons (Fsp3) is 0.300. The molecule has 0 aliphatic rings. The molecule has 2 aromatic heterocycles. The molecule has 8 heteroatoms. The van der Waals surface area contributed by atoms with Crippen molar-refractivity contribution in [3.8, 4) is 0 Å². The summed E-state index contributed by atoms with van der Waals surface area (Å²) >= 11 is 1.38. The number of rotatable bonds is 5. The lowest BCUT2D eigenvalue weighted by molar-refractivity contribution is 0.185. The first-order valence-electron chi connectivity index (χ1n) is 5.18. The van der Waals surface area contributed by atoms with Crippen LogP contribution in [0.3, 0.4) is 0 Å². The van der Waals surface area contributed by atoms with Gasteiger partial charge in [0, 0.05) is 24.7 Å². The first-order valence-corrected chi connectivity index (χ1v) is 7.54. The molecule has 2 rings (SSSR count). The molecule has 2 heterocycles. The summed E-state index contributed by atoms with van der Waals surface area (Å²) in [6.07, 6.45) is 1.97. The van der Waals surface area contributed by atoms with E-state index in [1.54, 1.807) is 23.7 Å². The highest BCUT2D eigenvalue weighted by molar-refractivity contribution is 7.89. The van der Waals surface area contributed by atoms with Crippen LogP contribution in [0.15, 0.2) is 35.1 Å². The van der Waals surface area contributed by atoms with Crippen molar-refractivity contribution >= 4 is 21.4 Å². The van der Waals surface area contributed by atoms with Crippen molar-refractivity contribution in [1.29, 1.82) is 0 Å². The van der Waals surface area contributed by atoms with Gasteiger partial charge in [-0.15, -0.1) is 11.3 Å². The van der Waals surface area contributed by atoms with Crippen molar-refractivity contribution in [2.45, 2.75) is 11.1 Å². The van der Waals surface area contributed by atoms with Crippen molar-refractivity contribution in [2.75, 3.05) is 6.54 Å². The fourth-order valence-corrected chi connectivity index (χ4v) is 3.10. The minimum absolute atomic E-state index is 0.0524. The van der Waals surface area contributed by atoms with E-state index in [1.807, 2.05) is 5.38 Å². The highest BCUT2D eigenvalue weighted by atomic mass is 32.2. The molecule has 0 unspecified atom stereocenters. The summed E-state index contributed by atoms with van der Waals surface area (Å²) in [5, 5.41) is 11.6. The third kappa shape index (κ3) is 2.96. The van der Waals surface area contributed by atoms with Crippen LogP contribution in [-0.2, 0) is 17.1 Å². The molecule has 2 N–H and O–H groups in total. The average molecular weight is 287 g/mol. The van der Waals surface area contributed by atoms with Gasteiger partial charge in [-0.3, -0.25) is 0 Å². The second-order valence-electron chi connectivity index (χ2n) is 3.76. The van der Waals surface area contributed by atoms with E-state index in [0.717, 1.165) is 4.88 Å². The summed E-state index contributed by atoms with van der Waals surface area (Å²) in [6, 6.07) is 3.56. The van der Waals surface area contributed by atoms with Crippen molar-refractivity contribution in [3.63, 3.8) is 0 Å². The summed E-state index contributed by atoms with van der Waals surface area (Å²) < 4.78 is 27.5. The zero-order chi connectivity index (χ0) is 13.2. The summed E-state index contributed by atoms with van der Waals surface area (Å²) in [7, 11) is -1.98. The molecule has 98 valence electrons. The number of hydrogen-bond donors (Lipinski definition) is 2. The van der Waals surface area contributed by atoms with Gasteiger partial charge in [-0.1, -0.05) is 6.07 Å². The van der Waals surface area contributed by atoms with Crippen LogP contribution in [0.1, 0.15) is 11.0 Å². The highest BCUT2D eigenvalue weighted by Crippen LogP contribution is 2.18. The SMILES string of the molecule is Cn1cnc(S(=O)(=O)NC[C@@H](O)c2cccs2)c1. The predicted molar refractivity (Wildman–Crippen MR) is 67.7 cm³/mol. The van der Waals surface area contributed by atoms with Gasteiger partial charge in [-0.2, -0.15) is 0 Å². The minimum Gasteiger partial charge on any atom is -0.386 e. The Labute approximate surface area is 109 Å². The number of nitrogens with zero attached hydrogens (tertiary/aromatic N) is 2.